The number of hydrogen-bond donors (Lipinski definition) is 3. The Labute approximate surface area is 99.1 Å². The van der Waals surface area contributed by atoms with Crippen LogP contribution in [0.4, 0.5) is 5.82 Å². The van der Waals surface area contributed by atoms with Crippen molar-refractivity contribution in [2.24, 2.45) is 0 Å². The van der Waals surface area contributed by atoms with Crippen LogP contribution in [-0.2, 0) is 9.59 Å². The number of aryl methyl sites for hydroxylation is 1. The fourth-order valence-electron chi connectivity index (χ4n) is 1.14. The molecule has 0 aliphatic carbocycles. The Balaban J connectivity index is 2.46. The maximum absolute atomic E-state index is 11.4. The van der Waals surface area contributed by atoms with Crippen molar-refractivity contribution >= 4 is 17.6 Å². The van der Waals surface area contributed by atoms with Crippen molar-refractivity contribution in [1.29, 1.82) is 0 Å². The number of nitrogens with zero attached hydrogens (tertiary/aromatic N) is 1. The normalized spacial score (nSPS) is 9.76. The van der Waals surface area contributed by atoms with E-state index in [1.165, 1.54) is 0 Å². The van der Waals surface area contributed by atoms with Gasteiger partial charge in [0.2, 0.25) is 0 Å². The summed E-state index contributed by atoms with van der Waals surface area (Å²) in [6, 6.07) is 3.45. The predicted octanol–water partition coefficient (Wildman–Crippen LogP) is -0.173. The number of pyridine rings is 1. The standard InChI is InChI=1S/C11H15N3O3/c1-8-3-5-12-9(7-8)14-11(17)10(16)13-4-2-6-15/h3,5,7,15H,2,4,6H2,1H3,(H,13,16)(H,12,14,17). The molecule has 6 nitrogen and oxygen atoms in total. The zero-order valence-corrected chi connectivity index (χ0v) is 9.56. The molecule has 0 atom stereocenters. The zero-order valence-electron chi connectivity index (χ0n) is 9.56. The Kier molecular flexibility index (Phi) is 5.09. The molecule has 0 aliphatic heterocycles. The summed E-state index contributed by atoms with van der Waals surface area (Å²) >= 11 is 0. The van der Waals surface area contributed by atoms with E-state index >= 15 is 0 Å². The number of aromatic nitrogens is 1. The lowest BCUT2D eigenvalue weighted by Crippen LogP contribution is -2.36. The lowest BCUT2D eigenvalue weighted by atomic mass is 10.3. The Morgan fingerprint density at radius 1 is 1.41 bits per heavy atom. The summed E-state index contributed by atoms with van der Waals surface area (Å²) in [7, 11) is 0. The Morgan fingerprint density at radius 3 is 2.82 bits per heavy atom. The molecule has 1 aromatic heterocycles. The maximum atomic E-state index is 11.4. The van der Waals surface area contributed by atoms with Crippen molar-refractivity contribution in [3.05, 3.63) is 23.9 Å². The molecule has 0 aromatic carbocycles. The first kappa shape index (κ1) is 13.1. The molecule has 0 saturated carbocycles. The molecule has 3 N–H and O–H groups in total. The maximum Gasteiger partial charge on any atom is 0.314 e. The fourth-order valence-corrected chi connectivity index (χ4v) is 1.14. The molecule has 0 saturated heterocycles. The smallest absolute Gasteiger partial charge is 0.314 e. The molecule has 0 bridgehead atoms. The summed E-state index contributed by atoms with van der Waals surface area (Å²) in [5.74, 6) is -1.16. The number of rotatable bonds is 4. The van der Waals surface area contributed by atoms with Gasteiger partial charge in [0.05, 0.1) is 0 Å². The summed E-state index contributed by atoms with van der Waals surface area (Å²) < 4.78 is 0. The average Bonchev–Trinajstić information content (AvgIpc) is 2.29. The monoisotopic (exact) mass is 237 g/mol. The Hall–Kier alpha value is -1.95. The first-order valence-corrected chi connectivity index (χ1v) is 5.26. The highest BCUT2D eigenvalue weighted by Gasteiger charge is 2.13. The van der Waals surface area contributed by atoms with Gasteiger partial charge in [-0.05, 0) is 31.0 Å². The molecular formula is C11H15N3O3. The molecule has 2 amide bonds. The minimum atomic E-state index is -0.763. The number of anilines is 1. The van der Waals surface area contributed by atoms with Crippen molar-refractivity contribution in [3.8, 4) is 0 Å². The van der Waals surface area contributed by atoms with Crippen LogP contribution in [0.15, 0.2) is 18.3 Å². The van der Waals surface area contributed by atoms with Gasteiger partial charge in [0.15, 0.2) is 0 Å². The number of carbonyl (C=O) groups is 2. The van der Waals surface area contributed by atoms with Crippen LogP contribution in [0, 0.1) is 6.92 Å². The molecule has 1 aromatic rings. The van der Waals surface area contributed by atoms with Gasteiger partial charge in [0.25, 0.3) is 0 Å². The number of aliphatic hydroxyl groups is 1. The van der Waals surface area contributed by atoms with Crippen molar-refractivity contribution in [2.45, 2.75) is 13.3 Å². The molecular weight excluding hydrogens is 222 g/mol. The highest BCUT2D eigenvalue weighted by Crippen LogP contribution is 2.04. The molecule has 0 radical (unpaired) electrons. The minimum absolute atomic E-state index is 0.0265. The Morgan fingerprint density at radius 2 is 2.18 bits per heavy atom. The fraction of sp³-hybridized carbons (Fsp3) is 0.364. The van der Waals surface area contributed by atoms with Crippen LogP contribution in [0.2, 0.25) is 0 Å². The van der Waals surface area contributed by atoms with Crippen LogP contribution in [0.5, 0.6) is 0 Å². The van der Waals surface area contributed by atoms with Crippen LogP contribution in [-0.4, -0.2) is 35.1 Å². The third-order valence-corrected chi connectivity index (χ3v) is 1.98. The second-order valence-electron chi connectivity index (χ2n) is 3.51. The Bertz CT molecular complexity index is 407. The van der Waals surface area contributed by atoms with Gasteiger partial charge in [-0.15, -0.1) is 0 Å². The minimum Gasteiger partial charge on any atom is -0.396 e. The van der Waals surface area contributed by atoms with Gasteiger partial charge in [-0.1, -0.05) is 0 Å². The molecule has 0 aliphatic rings. The van der Waals surface area contributed by atoms with E-state index in [0.717, 1.165) is 5.56 Å². The highest BCUT2D eigenvalue weighted by molar-refractivity contribution is 6.39. The van der Waals surface area contributed by atoms with E-state index in [9.17, 15) is 9.59 Å². The number of amides is 2. The average molecular weight is 237 g/mol. The molecule has 0 spiro atoms. The predicted molar refractivity (Wildman–Crippen MR) is 62.3 cm³/mol. The van der Waals surface area contributed by atoms with E-state index in [2.05, 4.69) is 15.6 Å². The lowest BCUT2D eigenvalue weighted by molar-refractivity contribution is -0.136. The molecule has 1 rings (SSSR count). The molecule has 0 unspecified atom stereocenters. The number of nitrogens with one attached hydrogen (secondary N) is 2. The zero-order chi connectivity index (χ0) is 12.7. The van der Waals surface area contributed by atoms with Crippen LogP contribution < -0.4 is 10.6 Å². The molecule has 92 valence electrons. The van der Waals surface area contributed by atoms with Crippen molar-refractivity contribution in [2.75, 3.05) is 18.5 Å². The summed E-state index contributed by atoms with van der Waals surface area (Å²) in [5.41, 5.74) is 0.941. The van der Waals surface area contributed by atoms with E-state index in [1.807, 2.05) is 6.92 Å². The van der Waals surface area contributed by atoms with Gasteiger partial charge in [0.1, 0.15) is 5.82 Å². The van der Waals surface area contributed by atoms with Gasteiger partial charge in [-0.25, -0.2) is 4.98 Å². The molecule has 6 heteroatoms. The first-order chi connectivity index (χ1) is 8.13. The van der Waals surface area contributed by atoms with E-state index in [-0.39, 0.29) is 13.2 Å². The molecule has 0 fully saturated rings. The van der Waals surface area contributed by atoms with Crippen LogP contribution in [0.3, 0.4) is 0 Å². The second kappa shape index (κ2) is 6.59. The largest absolute Gasteiger partial charge is 0.396 e. The SMILES string of the molecule is Cc1ccnc(NC(=O)C(=O)NCCCO)c1. The van der Waals surface area contributed by atoms with E-state index in [4.69, 9.17) is 5.11 Å². The lowest BCUT2D eigenvalue weighted by Gasteiger charge is -2.05. The highest BCUT2D eigenvalue weighted by atomic mass is 16.3. The number of hydrogen-bond acceptors (Lipinski definition) is 4. The first-order valence-electron chi connectivity index (χ1n) is 5.26. The van der Waals surface area contributed by atoms with E-state index in [1.54, 1.807) is 18.3 Å². The third kappa shape index (κ3) is 4.60. The van der Waals surface area contributed by atoms with Crippen molar-refractivity contribution in [1.82, 2.24) is 10.3 Å². The van der Waals surface area contributed by atoms with E-state index in [0.29, 0.717) is 12.2 Å². The van der Waals surface area contributed by atoms with Gasteiger partial charge >= 0.3 is 11.8 Å². The summed E-state index contributed by atoms with van der Waals surface area (Å²) in [4.78, 5) is 26.6. The molecule has 17 heavy (non-hydrogen) atoms. The topological polar surface area (TPSA) is 91.3 Å². The van der Waals surface area contributed by atoms with Crippen LogP contribution in [0.25, 0.3) is 0 Å². The number of aliphatic hydroxyl groups excluding tert-OH is 1. The quantitative estimate of drug-likeness (QED) is 0.500. The van der Waals surface area contributed by atoms with Crippen LogP contribution in [0.1, 0.15) is 12.0 Å². The van der Waals surface area contributed by atoms with Crippen molar-refractivity contribution < 1.29 is 14.7 Å². The summed E-state index contributed by atoms with van der Waals surface area (Å²) in [5, 5.41) is 13.3. The van der Waals surface area contributed by atoms with Crippen LogP contribution >= 0.6 is 0 Å². The molecule has 1 heterocycles. The van der Waals surface area contributed by atoms with Gasteiger partial charge in [0, 0.05) is 19.3 Å². The number of carbonyl (C=O) groups excluding carboxylic acids is 2. The van der Waals surface area contributed by atoms with Crippen molar-refractivity contribution in [3.63, 3.8) is 0 Å². The summed E-state index contributed by atoms with van der Waals surface area (Å²) in [6.45, 7) is 2.10. The van der Waals surface area contributed by atoms with Gasteiger partial charge in [-0.3, -0.25) is 9.59 Å². The second-order valence-corrected chi connectivity index (χ2v) is 3.51. The van der Waals surface area contributed by atoms with Gasteiger partial charge < -0.3 is 15.7 Å². The van der Waals surface area contributed by atoms with Gasteiger partial charge in [-0.2, -0.15) is 0 Å². The summed E-state index contributed by atoms with van der Waals surface area (Å²) in [6.07, 6.45) is 1.97. The third-order valence-electron chi connectivity index (χ3n) is 1.98. The van der Waals surface area contributed by atoms with E-state index < -0.39 is 11.8 Å².